The van der Waals surface area contributed by atoms with E-state index in [1.54, 1.807) is 0 Å². The number of rotatable bonds is 4. The summed E-state index contributed by atoms with van der Waals surface area (Å²) in [5, 5.41) is 0. The number of nitrogens with zero attached hydrogens (tertiary/aromatic N) is 1. The van der Waals surface area contributed by atoms with Gasteiger partial charge in [0.15, 0.2) is 0 Å². The molecule has 0 aromatic heterocycles. The number of hydrogen-bond acceptors (Lipinski definition) is 1. The normalized spacial score (nSPS) is 13.3. The Kier molecular flexibility index (Phi) is 8.90. The second-order valence-corrected chi connectivity index (χ2v) is 3.61. The van der Waals surface area contributed by atoms with Crippen molar-refractivity contribution < 1.29 is 0 Å². The van der Waals surface area contributed by atoms with Crippen LogP contribution in [-0.4, -0.2) is 50.3 Å². The van der Waals surface area contributed by atoms with E-state index in [1.165, 1.54) is 0 Å². The van der Waals surface area contributed by atoms with E-state index in [2.05, 4.69) is 46.1 Å². The van der Waals surface area contributed by atoms with Crippen molar-refractivity contribution >= 4 is 27.3 Å². The van der Waals surface area contributed by atoms with Crippen LogP contribution >= 0.6 is 0 Å². The second-order valence-electron chi connectivity index (χ2n) is 3.61. The van der Waals surface area contributed by atoms with Crippen molar-refractivity contribution in [3.05, 3.63) is 12.7 Å². The Balaban J connectivity index is 0. The van der Waals surface area contributed by atoms with Gasteiger partial charge in [-0.3, -0.25) is 4.90 Å². The van der Waals surface area contributed by atoms with E-state index in [9.17, 15) is 0 Å². The van der Waals surface area contributed by atoms with E-state index in [1.807, 2.05) is 6.08 Å². The molecule has 0 spiro atoms. The Labute approximate surface area is 97.4 Å². The van der Waals surface area contributed by atoms with Gasteiger partial charge in [0.2, 0.25) is 0 Å². The summed E-state index contributed by atoms with van der Waals surface area (Å²) in [4.78, 5) is 2.44. The molecule has 0 saturated carbocycles. The molecular formula is C10H23NPb. The molecule has 0 rings (SSSR count). The quantitative estimate of drug-likeness (QED) is 0.543. The minimum atomic E-state index is 0. The predicted octanol–water partition coefficient (Wildman–Crippen LogP) is 1.76. The molecule has 0 aromatic rings. The average Bonchev–Trinajstić information content (AvgIpc) is 1.85. The predicted molar refractivity (Wildman–Crippen MR) is 60.3 cm³/mol. The molecular weight excluding hydrogens is 341 g/mol. The molecule has 12 heavy (non-hydrogen) atoms. The molecule has 0 N–H and O–H groups in total. The molecule has 0 bridgehead atoms. The maximum absolute atomic E-state index is 3.80. The van der Waals surface area contributed by atoms with Crippen LogP contribution in [0.4, 0.5) is 0 Å². The average molecular weight is 365 g/mol. The fourth-order valence-corrected chi connectivity index (χ4v) is 1.66. The molecule has 0 amide bonds. The molecule has 0 fully saturated rings. The maximum atomic E-state index is 3.80. The first-order chi connectivity index (χ1) is 5.00. The number of hydrogen-bond donors (Lipinski definition) is 0. The van der Waals surface area contributed by atoms with Gasteiger partial charge in [0, 0.05) is 18.1 Å². The first kappa shape index (κ1) is 15.1. The molecule has 0 heterocycles. The first-order valence-electron chi connectivity index (χ1n) is 4.40. The molecule has 2 radical (unpaired) electrons. The van der Waals surface area contributed by atoms with Gasteiger partial charge in [-0.15, -0.1) is 6.58 Å². The van der Waals surface area contributed by atoms with E-state index in [4.69, 9.17) is 0 Å². The molecule has 0 aliphatic heterocycles. The molecule has 0 aromatic carbocycles. The van der Waals surface area contributed by atoms with Gasteiger partial charge < -0.3 is 0 Å². The first-order valence-corrected chi connectivity index (χ1v) is 4.40. The van der Waals surface area contributed by atoms with Crippen LogP contribution in [0, 0.1) is 0 Å². The topological polar surface area (TPSA) is 3.24 Å². The summed E-state index contributed by atoms with van der Waals surface area (Å²) < 4.78 is 0. The fourth-order valence-electron chi connectivity index (χ4n) is 1.66. The van der Waals surface area contributed by atoms with Gasteiger partial charge in [-0.25, -0.2) is 0 Å². The third-order valence-electron chi connectivity index (χ3n) is 2.00. The molecule has 1 unspecified atom stereocenters. The molecule has 2 heteroatoms. The standard InChI is InChI=1S/C10H21N.Pb.2H/c1-7-10(6)11(8(2)3)9(4)5;;;/h7-10H,1H2,2-6H3;;;. The zero-order chi connectivity index (χ0) is 9.02. The third kappa shape index (κ3) is 4.60. The van der Waals surface area contributed by atoms with E-state index >= 15 is 0 Å². The van der Waals surface area contributed by atoms with Gasteiger partial charge >= 0.3 is 27.3 Å². The summed E-state index contributed by atoms with van der Waals surface area (Å²) in [5.74, 6) is 0. The Bertz CT molecular complexity index is 113. The van der Waals surface area contributed by atoms with Crippen molar-refractivity contribution in [2.75, 3.05) is 0 Å². The minimum absolute atomic E-state index is 0. The van der Waals surface area contributed by atoms with Crippen molar-refractivity contribution in [3.8, 4) is 0 Å². The second kappa shape index (κ2) is 7.07. The van der Waals surface area contributed by atoms with Crippen LogP contribution in [0.25, 0.3) is 0 Å². The van der Waals surface area contributed by atoms with Gasteiger partial charge in [0.1, 0.15) is 0 Å². The fraction of sp³-hybridized carbons (Fsp3) is 0.800. The third-order valence-corrected chi connectivity index (χ3v) is 2.00. The molecule has 0 aliphatic carbocycles. The summed E-state index contributed by atoms with van der Waals surface area (Å²) in [6, 6.07) is 1.68. The Hall–Kier alpha value is 0.622. The van der Waals surface area contributed by atoms with E-state index in [-0.39, 0.29) is 27.3 Å². The van der Waals surface area contributed by atoms with E-state index < -0.39 is 0 Å². The van der Waals surface area contributed by atoms with Gasteiger partial charge in [-0.2, -0.15) is 0 Å². The van der Waals surface area contributed by atoms with E-state index in [0.717, 1.165) is 0 Å². The molecule has 0 saturated heterocycles. The van der Waals surface area contributed by atoms with Gasteiger partial charge in [-0.1, -0.05) is 6.08 Å². The van der Waals surface area contributed by atoms with Gasteiger partial charge in [0.25, 0.3) is 0 Å². The Morgan fingerprint density at radius 1 is 1.00 bits per heavy atom. The van der Waals surface area contributed by atoms with Crippen LogP contribution in [0.1, 0.15) is 34.6 Å². The van der Waals surface area contributed by atoms with Gasteiger partial charge in [0.05, 0.1) is 0 Å². The summed E-state index contributed by atoms with van der Waals surface area (Å²) in [6.07, 6.45) is 2.00. The van der Waals surface area contributed by atoms with Crippen LogP contribution in [-0.2, 0) is 0 Å². The van der Waals surface area contributed by atoms with Crippen molar-refractivity contribution in [2.45, 2.75) is 52.7 Å². The van der Waals surface area contributed by atoms with Gasteiger partial charge in [-0.05, 0) is 34.6 Å². The van der Waals surface area contributed by atoms with Crippen molar-refractivity contribution in [1.29, 1.82) is 0 Å². The van der Waals surface area contributed by atoms with Crippen LogP contribution < -0.4 is 0 Å². The van der Waals surface area contributed by atoms with Crippen LogP contribution in [0.5, 0.6) is 0 Å². The summed E-state index contributed by atoms with van der Waals surface area (Å²) in [6.45, 7) is 14.9. The Morgan fingerprint density at radius 3 is 1.42 bits per heavy atom. The van der Waals surface area contributed by atoms with Crippen LogP contribution in [0.3, 0.4) is 0 Å². The molecule has 1 nitrogen and oxygen atoms in total. The Morgan fingerprint density at radius 2 is 1.33 bits per heavy atom. The van der Waals surface area contributed by atoms with Crippen molar-refractivity contribution in [2.24, 2.45) is 0 Å². The summed E-state index contributed by atoms with van der Waals surface area (Å²) in [7, 11) is 0. The SMILES string of the molecule is C=CC(C)N(C(C)C)C(C)C.[PbH2]. The summed E-state index contributed by atoms with van der Waals surface area (Å²) in [5.41, 5.74) is 0. The summed E-state index contributed by atoms with van der Waals surface area (Å²) >= 11 is 0. The monoisotopic (exact) mass is 365 g/mol. The molecule has 1 atom stereocenters. The van der Waals surface area contributed by atoms with Crippen LogP contribution in [0.2, 0.25) is 0 Å². The van der Waals surface area contributed by atoms with E-state index in [0.29, 0.717) is 18.1 Å². The van der Waals surface area contributed by atoms with Crippen molar-refractivity contribution in [1.82, 2.24) is 4.90 Å². The zero-order valence-electron chi connectivity index (χ0n) is 9.17. The van der Waals surface area contributed by atoms with Crippen LogP contribution in [0.15, 0.2) is 12.7 Å². The molecule has 72 valence electrons. The van der Waals surface area contributed by atoms with Crippen molar-refractivity contribution in [3.63, 3.8) is 0 Å². The zero-order valence-corrected chi connectivity index (χ0v) is 14.7. The molecule has 0 aliphatic rings.